The lowest BCUT2D eigenvalue weighted by Gasteiger charge is -2.20. The SMILES string of the molecule is CCCC(N=C(C)CC(C)C)[SiH](OC)OC. The van der Waals surface area contributed by atoms with Crippen molar-refractivity contribution in [2.75, 3.05) is 14.2 Å². The topological polar surface area (TPSA) is 30.8 Å². The molecule has 0 aliphatic carbocycles. The van der Waals surface area contributed by atoms with Crippen LogP contribution in [-0.2, 0) is 8.85 Å². The van der Waals surface area contributed by atoms with Crippen LogP contribution in [0.25, 0.3) is 0 Å². The molecule has 0 bridgehead atoms. The molecule has 3 nitrogen and oxygen atoms in total. The summed E-state index contributed by atoms with van der Waals surface area (Å²) < 4.78 is 10.9. The molecule has 0 spiro atoms. The zero-order valence-electron chi connectivity index (χ0n) is 11.6. The summed E-state index contributed by atoms with van der Waals surface area (Å²) in [5.41, 5.74) is 1.48. The van der Waals surface area contributed by atoms with Gasteiger partial charge in [0.05, 0.1) is 5.67 Å². The van der Waals surface area contributed by atoms with E-state index in [-0.39, 0.29) is 5.67 Å². The van der Waals surface area contributed by atoms with Crippen molar-refractivity contribution in [2.45, 2.75) is 52.6 Å². The molecule has 96 valence electrons. The van der Waals surface area contributed by atoms with Gasteiger partial charge in [0.1, 0.15) is 0 Å². The molecule has 0 rings (SSSR count). The number of aliphatic imine (C=N–C) groups is 1. The van der Waals surface area contributed by atoms with Gasteiger partial charge in [0, 0.05) is 19.9 Å². The van der Waals surface area contributed by atoms with Gasteiger partial charge in [0.15, 0.2) is 0 Å². The molecule has 0 aromatic carbocycles. The number of nitrogens with zero attached hydrogens (tertiary/aromatic N) is 1. The van der Waals surface area contributed by atoms with Crippen LogP contribution in [0, 0.1) is 5.92 Å². The molecule has 1 atom stereocenters. The maximum Gasteiger partial charge on any atom is 0.346 e. The van der Waals surface area contributed by atoms with Crippen molar-refractivity contribution in [1.82, 2.24) is 0 Å². The lowest BCUT2D eigenvalue weighted by Crippen LogP contribution is -2.34. The van der Waals surface area contributed by atoms with Crippen LogP contribution in [-0.4, -0.2) is 34.9 Å². The van der Waals surface area contributed by atoms with Crippen LogP contribution in [0.3, 0.4) is 0 Å². The molecular formula is C12H27NO2Si. The van der Waals surface area contributed by atoms with Crippen molar-refractivity contribution in [3.8, 4) is 0 Å². The van der Waals surface area contributed by atoms with E-state index >= 15 is 0 Å². The Morgan fingerprint density at radius 3 is 2.19 bits per heavy atom. The van der Waals surface area contributed by atoms with Gasteiger partial charge < -0.3 is 8.85 Å². The fraction of sp³-hybridized carbons (Fsp3) is 0.917. The van der Waals surface area contributed by atoms with Crippen molar-refractivity contribution in [2.24, 2.45) is 10.9 Å². The van der Waals surface area contributed by atoms with E-state index in [0.717, 1.165) is 19.3 Å². The van der Waals surface area contributed by atoms with Gasteiger partial charge in [-0.1, -0.05) is 27.2 Å². The van der Waals surface area contributed by atoms with E-state index in [4.69, 9.17) is 13.8 Å². The normalized spacial score (nSPS) is 14.9. The molecule has 0 heterocycles. The summed E-state index contributed by atoms with van der Waals surface area (Å²) in [6.45, 7) is 8.72. The van der Waals surface area contributed by atoms with E-state index in [1.807, 2.05) is 0 Å². The van der Waals surface area contributed by atoms with Gasteiger partial charge >= 0.3 is 9.28 Å². The van der Waals surface area contributed by atoms with Gasteiger partial charge in [-0.05, 0) is 25.7 Å². The van der Waals surface area contributed by atoms with Crippen LogP contribution in [0.2, 0.25) is 0 Å². The maximum absolute atomic E-state index is 5.43. The summed E-state index contributed by atoms with van der Waals surface area (Å²) in [4.78, 5) is 4.78. The lowest BCUT2D eigenvalue weighted by atomic mass is 10.1. The standard InChI is InChI=1S/C12H27NO2Si/c1-7-8-12(16(14-5)15-6)13-11(4)9-10(2)3/h10,12,16H,7-9H2,1-6H3. The van der Waals surface area contributed by atoms with Gasteiger partial charge in [-0.15, -0.1) is 0 Å². The minimum absolute atomic E-state index is 0.263. The lowest BCUT2D eigenvalue weighted by molar-refractivity contribution is 0.264. The Morgan fingerprint density at radius 1 is 1.25 bits per heavy atom. The van der Waals surface area contributed by atoms with Crippen molar-refractivity contribution >= 4 is 15.0 Å². The van der Waals surface area contributed by atoms with Crippen LogP contribution in [0.15, 0.2) is 4.99 Å². The molecule has 4 heteroatoms. The van der Waals surface area contributed by atoms with Gasteiger partial charge in [0.2, 0.25) is 0 Å². The molecule has 0 saturated heterocycles. The molecule has 0 radical (unpaired) electrons. The first-order valence-electron chi connectivity index (χ1n) is 6.13. The predicted molar refractivity (Wildman–Crippen MR) is 72.4 cm³/mol. The Hall–Kier alpha value is -0.193. The maximum atomic E-state index is 5.43. The first kappa shape index (κ1) is 15.8. The highest BCUT2D eigenvalue weighted by molar-refractivity contribution is 6.46. The molecular weight excluding hydrogens is 218 g/mol. The van der Waals surface area contributed by atoms with Crippen molar-refractivity contribution < 1.29 is 8.85 Å². The molecule has 0 saturated carbocycles. The number of hydrogen-bond donors (Lipinski definition) is 0. The minimum atomic E-state index is -1.61. The van der Waals surface area contributed by atoms with E-state index < -0.39 is 9.28 Å². The first-order chi connectivity index (χ1) is 7.54. The number of rotatable bonds is 8. The van der Waals surface area contributed by atoms with Gasteiger partial charge in [-0.2, -0.15) is 0 Å². The number of hydrogen-bond acceptors (Lipinski definition) is 3. The molecule has 0 fully saturated rings. The highest BCUT2D eigenvalue weighted by Gasteiger charge is 2.23. The van der Waals surface area contributed by atoms with E-state index in [9.17, 15) is 0 Å². The summed E-state index contributed by atoms with van der Waals surface area (Å²) in [5.74, 6) is 0.663. The monoisotopic (exact) mass is 245 g/mol. The molecule has 0 aliphatic rings. The average Bonchev–Trinajstić information content (AvgIpc) is 2.18. The third-order valence-electron chi connectivity index (χ3n) is 2.45. The molecule has 0 aromatic heterocycles. The van der Waals surface area contributed by atoms with Gasteiger partial charge in [0.25, 0.3) is 0 Å². The van der Waals surface area contributed by atoms with Crippen LogP contribution in [0.4, 0.5) is 0 Å². The zero-order chi connectivity index (χ0) is 12.6. The third-order valence-corrected chi connectivity index (χ3v) is 4.49. The second-order valence-electron chi connectivity index (χ2n) is 4.66. The van der Waals surface area contributed by atoms with Crippen LogP contribution >= 0.6 is 0 Å². The summed E-state index contributed by atoms with van der Waals surface area (Å²) in [6.07, 6.45) is 3.25. The highest BCUT2D eigenvalue weighted by atomic mass is 28.3. The van der Waals surface area contributed by atoms with Crippen LogP contribution < -0.4 is 0 Å². The molecule has 16 heavy (non-hydrogen) atoms. The predicted octanol–water partition coefficient (Wildman–Crippen LogP) is 2.71. The molecule has 0 aliphatic heterocycles. The largest absolute Gasteiger partial charge is 0.399 e. The fourth-order valence-electron chi connectivity index (χ4n) is 1.89. The molecule has 0 amide bonds. The van der Waals surface area contributed by atoms with E-state index in [1.54, 1.807) is 14.2 Å². The van der Waals surface area contributed by atoms with Crippen LogP contribution in [0.1, 0.15) is 47.0 Å². The minimum Gasteiger partial charge on any atom is -0.399 e. The molecule has 0 aromatic rings. The molecule has 0 N–H and O–H groups in total. The van der Waals surface area contributed by atoms with Crippen molar-refractivity contribution in [3.63, 3.8) is 0 Å². The van der Waals surface area contributed by atoms with E-state index in [1.165, 1.54) is 5.71 Å². The molecule has 1 unspecified atom stereocenters. The van der Waals surface area contributed by atoms with E-state index in [0.29, 0.717) is 5.92 Å². The van der Waals surface area contributed by atoms with Crippen molar-refractivity contribution in [3.05, 3.63) is 0 Å². The highest BCUT2D eigenvalue weighted by Crippen LogP contribution is 2.11. The second kappa shape index (κ2) is 8.90. The summed E-state index contributed by atoms with van der Waals surface area (Å²) in [6, 6.07) is 0. The van der Waals surface area contributed by atoms with Crippen LogP contribution in [0.5, 0.6) is 0 Å². The Bertz CT molecular complexity index is 203. The van der Waals surface area contributed by atoms with Crippen molar-refractivity contribution in [1.29, 1.82) is 0 Å². The Morgan fingerprint density at radius 2 is 1.81 bits per heavy atom. The third kappa shape index (κ3) is 6.40. The second-order valence-corrected chi connectivity index (χ2v) is 7.11. The van der Waals surface area contributed by atoms with Gasteiger partial charge in [-0.3, -0.25) is 4.99 Å². The zero-order valence-corrected chi connectivity index (χ0v) is 12.8. The quantitative estimate of drug-likeness (QED) is 0.486. The summed E-state index contributed by atoms with van der Waals surface area (Å²) in [7, 11) is 1.85. The summed E-state index contributed by atoms with van der Waals surface area (Å²) in [5, 5.41) is 0. The smallest absolute Gasteiger partial charge is 0.346 e. The average molecular weight is 245 g/mol. The Kier molecular flexibility index (Phi) is 8.79. The van der Waals surface area contributed by atoms with E-state index in [2.05, 4.69) is 27.7 Å². The fourth-order valence-corrected chi connectivity index (χ4v) is 3.70. The Balaban J connectivity index is 4.51. The van der Waals surface area contributed by atoms with Gasteiger partial charge in [-0.25, -0.2) is 0 Å². The first-order valence-corrected chi connectivity index (χ1v) is 7.74. The Labute approximate surface area is 102 Å². The summed E-state index contributed by atoms with van der Waals surface area (Å²) >= 11 is 0.